The van der Waals surface area contributed by atoms with E-state index in [9.17, 15) is 9.90 Å². The Kier molecular flexibility index (Phi) is 4.88. The highest BCUT2D eigenvalue weighted by Gasteiger charge is 2.16. The molecule has 0 atom stereocenters. The minimum atomic E-state index is -0.984. The van der Waals surface area contributed by atoms with Crippen molar-refractivity contribution in [3.63, 3.8) is 0 Å². The van der Waals surface area contributed by atoms with Crippen LogP contribution in [0.2, 0.25) is 5.02 Å². The van der Waals surface area contributed by atoms with Crippen LogP contribution in [0, 0.1) is 0 Å². The Morgan fingerprint density at radius 1 is 0.958 bits per heavy atom. The Morgan fingerprint density at radius 3 is 2.29 bits per heavy atom. The molecule has 0 radical (unpaired) electrons. The van der Waals surface area contributed by atoms with Gasteiger partial charge in [0.2, 0.25) is 0 Å². The Morgan fingerprint density at radius 2 is 1.62 bits per heavy atom. The lowest BCUT2D eigenvalue weighted by Crippen LogP contribution is -2.08. The van der Waals surface area contributed by atoms with E-state index in [0.717, 1.165) is 16.8 Å². The van der Waals surface area contributed by atoms with Gasteiger partial charge in [0.25, 0.3) is 0 Å². The molecule has 0 heterocycles. The van der Waals surface area contributed by atoms with Gasteiger partial charge in [0.15, 0.2) is 0 Å². The molecule has 0 saturated heterocycles. The first-order valence-electron chi connectivity index (χ1n) is 7.21. The quantitative estimate of drug-likeness (QED) is 0.532. The van der Waals surface area contributed by atoms with E-state index in [4.69, 9.17) is 11.6 Å². The summed E-state index contributed by atoms with van der Waals surface area (Å²) < 4.78 is 1.64. The van der Waals surface area contributed by atoms with Gasteiger partial charge >= 0.3 is 5.97 Å². The molecule has 0 amide bonds. The van der Waals surface area contributed by atoms with Gasteiger partial charge in [-0.1, -0.05) is 60.1 Å². The highest BCUT2D eigenvalue weighted by atomic mass is 79.9. The number of aromatic carboxylic acids is 1. The second kappa shape index (κ2) is 7.07. The fraction of sp³-hybridized carbons (Fsp3) is 0. The van der Waals surface area contributed by atoms with Crippen LogP contribution in [0.4, 0.5) is 11.4 Å². The zero-order valence-corrected chi connectivity index (χ0v) is 14.8. The molecule has 0 unspecified atom stereocenters. The van der Waals surface area contributed by atoms with Gasteiger partial charge in [-0.25, -0.2) is 4.79 Å². The molecule has 3 aromatic carbocycles. The van der Waals surface area contributed by atoms with Gasteiger partial charge in [0, 0.05) is 5.56 Å². The van der Waals surface area contributed by atoms with Crippen molar-refractivity contribution < 1.29 is 9.90 Å². The summed E-state index contributed by atoms with van der Waals surface area (Å²) in [6.07, 6.45) is 0. The average Bonchev–Trinajstić information content (AvgIpc) is 2.61. The van der Waals surface area contributed by atoms with Crippen LogP contribution in [0.25, 0.3) is 11.1 Å². The third-order valence-electron chi connectivity index (χ3n) is 3.61. The van der Waals surface area contributed by atoms with Crippen LogP contribution < -0.4 is 3.93 Å². The summed E-state index contributed by atoms with van der Waals surface area (Å²) in [6.45, 7) is 0. The molecular formula is C19H13BrClNO2. The number of rotatable bonds is 4. The number of carbonyl (C=O) groups is 1. The third-order valence-corrected chi connectivity index (χ3v) is 4.71. The largest absolute Gasteiger partial charge is 0.478 e. The summed E-state index contributed by atoms with van der Waals surface area (Å²) in [5, 5.41) is 9.93. The third kappa shape index (κ3) is 3.30. The maximum Gasteiger partial charge on any atom is 0.337 e. The van der Waals surface area contributed by atoms with E-state index in [1.165, 1.54) is 0 Å². The van der Waals surface area contributed by atoms with Gasteiger partial charge < -0.3 is 5.11 Å². The smallest absolute Gasteiger partial charge is 0.337 e. The molecule has 0 saturated carbocycles. The Bertz CT molecular complexity index is 884. The molecule has 0 bridgehead atoms. The standard InChI is InChI=1S/C19H13BrClNO2/c20-22(18-9-5-4-8-16(18)19(23)24)14-10-11-15(17(21)12-14)13-6-2-1-3-7-13/h1-12H,(H,23,24). The van der Waals surface area contributed by atoms with Gasteiger partial charge in [-0.15, -0.1) is 0 Å². The first-order valence-corrected chi connectivity index (χ1v) is 8.30. The van der Waals surface area contributed by atoms with Crippen molar-refractivity contribution in [3.05, 3.63) is 83.4 Å². The topological polar surface area (TPSA) is 40.5 Å². The van der Waals surface area contributed by atoms with Crippen molar-refractivity contribution in [2.24, 2.45) is 0 Å². The van der Waals surface area contributed by atoms with E-state index >= 15 is 0 Å². The van der Waals surface area contributed by atoms with Crippen molar-refractivity contribution in [2.75, 3.05) is 3.93 Å². The summed E-state index contributed by atoms with van der Waals surface area (Å²) >= 11 is 9.87. The molecule has 1 N–H and O–H groups in total. The maximum absolute atomic E-state index is 11.4. The molecule has 120 valence electrons. The summed E-state index contributed by atoms with van der Waals surface area (Å²) in [5.74, 6) is -0.984. The first kappa shape index (κ1) is 16.6. The lowest BCUT2D eigenvalue weighted by molar-refractivity contribution is 0.0698. The zero-order chi connectivity index (χ0) is 17.1. The molecule has 3 aromatic rings. The molecule has 3 rings (SSSR count). The summed E-state index contributed by atoms with van der Waals surface area (Å²) in [4.78, 5) is 11.4. The summed E-state index contributed by atoms with van der Waals surface area (Å²) in [7, 11) is 0. The molecule has 0 aromatic heterocycles. The van der Waals surface area contributed by atoms with Crippen molar-refractivity contribution >= 4 is 45.1 Å². The Hall–Kier alpha value is -2.30. The van der Waals surface area contributed by atoms with E-state index in [1.54, 1.807) is 34.3 Å². The number of anilines is 2. The van der Waals surface area contributed by atoms with Crippen molar-refractivity contribution in [1.29, 1.82) is 0 Å². The fourth-order valence-electron chi connectivity index (χ4n) is 2.44. The zero-order valence-electron chi connectivity index (χ0n) is 12.5. The minimum Gasteiger partial charge on any atom is -0.478 e. The number of carboxylic acids is 1. The number of carboxylic acid groups (broad SMARTS) is 1. The highest BCUT2D eigenvalue weighted by molar-refractivity contribution is 9.10. The number of nitrogens with zero attached hydrogens (tertiary/aromatic N) is 1. The fourth-order valence-corrected chi connectivity index (χ4v) is 3.26. The molecular weight excluding hydrogens is 390 g/mol. The number of halogens is 2. The van der Waals surface area contributed by atoms with E-state index in [2.05, 4.69) is 16.1 Å². The van der Waals surface area contributed by atoms with Crippen molar-refractivity contribution in [2.45, 2.75) is 0 Å². The number of hydrogen-bond donors (Lipinski definition) is 1. The number of hydrogen-bond acceptors (Lipinski definition) is 2. The molecule has 5 heteroatoms. The molecule has 0 aliphatic heterocycles. The van der Waals surface area contributed by atoms with Crippen LogP contribution in [-0.4, -0.2) is 11.1 Å². The summed E-state index contributed by atoms with van der Waals surface area (Å²) in [6, 6.07) is 22.2. The predicted octanol–water partition coefficient (Wildman–Crippen LogP) is 6.15. The number of benzene rings is 3. The second-order valence-electron chi connectivity index (χ2n) is 5.13. The minimum absolute atomic E-state index is 0.206. The molecule has 0 fully saturated rings. The van der Waals surface area contributed by atoms with Crippen molar-refractivity contribution in [3.8, 4) is 11.1 Å². The van der Waals surface area contributed by atoms with E-state index in [0.29, 0.717) is 10.7 Å². The van der Waals surface area contributed by atoms with Crippen LogP contribution in [-0.2, 0) is 0 Å². The van der Waals surface area contributed by atoms with Crippen LogP contribution in [0.15, 0.2) is 72.8 Å². The van der Waals surface area contributed by atoms with Gasteiger partial charge in [0.1, 0.15) is 0 Å². The monoisotopic (exact) mass is 401 g/mol. The molecule has 24 heavy (non-hydrogen) atoms. The van der Waals surface area contributed by atoms with Crippen LogP contribution in [0.3, 0.4) is 0 Å². The lowest BCUT2D eigenvalue weighted by Gasteiger charge is -2.19. The normalized spacial score (nSPS) is 10.4. The second-order valence-corrected chi connectivity index (χ2v) is 6.25. The Balaban J connectivity index is 1.99. The first-order chi connectivity index (χ1) is 11.6. The molecule has 3 nitrogen and oxygen atoms in total. The number of para-hydroxylation sites is 1. The van der Waals surface area contributed by atoms with Crippen LogP contribution >= 0.6 is 27.7 Å². The van der Waals surface area contributed by atoms with Gasteiger partial charge in [-0.05, 0) is 29.8 Å². The Labute approximate surface area is 153 Å². The van der Waals surface area contributed by atoms with Crippen LogP contribution in [0.1, 0.15) is 10.4 Å². The lowest BCUT2D eigenvalue weighted by atomic mass is 10.1. The SMILES string of the molecule is O=C(O)c1ccccc1N(Br)c1ccc(-c2ccccc2)c(Cl)c1. The van der Waals surface area contributed by atoms with Gasteiger partial charge in [0.05, 0.1) is 38.1 Å². The molecule has 0 aliphatic rings. The van der Waals surface area contributed by atoms with Gasteiger partial charge in [-0.2, -0.15) is 0 Å². The molecule has 0 spiro atoms. The van der Waals surface area contributed by atoms with Gasteiger partial charge in [-0.3, -0.25) is 3.93 Å². The van der Waals surface area contributed by atoms with E-state index < -0.39 is 5.97 Å². The highest BCUT2D eigenvalue weighted by Crippen LogP contribution is 2.37. The van der Waals surface area contributed by atoms with Crippen molar-refractivity contribution in [1.82, 2.24) is 0 Å². The maximum atomic E-state index is 11.4. The van der Waals surface area contributed by atoms with Crippen LogP contribution in [0.5, 0.6) is 0 Å². The predicted molar refractivity (Wildman–Crippen MR) is 101 cm³/mol. The van der Waals surface area contributed by atoms with E-state index in [-0.39, 0.29) is 5.56 Å². The molecule has 0 aliphatic carbocycles. The summed E-state index contributed by atoms with van der Waals surface area (Å²) in [5.41, 5.74) is 3.44. The van der Waals surface area contributed by atoms with E-state index in [1.807, 2.05) is 42.5 Å². The average molecular weight is 403 g/mol.